The van der Waals surface area contributed by atoms with Crippen molar-refractivity contribution in [2.75, 3.05) is 11.9 Å². The predicted molar refractivity (Wildman–Crippen MR) is 74.1 cm³/mol. The standard InChI is InChI=1S/C14H15F3N4O2/c1-8(13-20-12(21-23-13)9-2-3-9)19-10-4-5-11(18-6-10)22-7-14(15,16)17/h4-6,8-9,19H,2-3,7H2,1H3/t8-/m1/s1. The fourth-order valence-corrected chi connectivity index (χ4v) is 1.95. The number of rotatable bonds is 6. The molecular weight excluding hydrogens is 313 g/mol. The van der Waals surface area contributed by atoms with Crippen LogP contribution in [0.4, 0.5) is 18.9 Å². The second-order valence-electron chi connectivity index (χ2n) is 5.42. The van der Waals surface area contributed by atoms with Crippen molar-refractivity contribution in [3.63, 3.8) is 0 Å². The van der Waals surface area contributed by atoms with Gasteiger partial charge in [0, 0.05) is 12.0 Å². The molecule has 9 heteroatoms. The molecule has 1 fully saturated rings. The van der Waals surface area contributed by atoms with E-state index in [0.717, 1.165) is 18.7 Å². The highest BCUT2D eigenvalue weighted by Crippen LogP contribution is 2.38. The average molecular weight is 328 g/mol. The topological polar surface area (TPSA) is 73.1 Å². The number of anilines is 1. The highest BCUT2D eigenvalue weighted by molar-refractivity contribution is 5.43. The summed E-state index contributed by atoms with van der Waals surface area (Å²) < 4.78 is 45.9. The van der Waals surface area contributed by atoms with Crippen molar-refractivity contribution < 1.29 is 22.4 Å². The first kappa shape index (κ1) is 15.6. The Balaban J connectivity index is 1.56. The van der Waals surface area contributed by atoms with Crippen LogP contribution in [0.2, 0.25) is 0 Å². The minimum atomic E-state index is -4.38. The minimum absolute atomic E-state index is 0.0886. The van der Waals surface area contributed by atoms with Crippen molar-refractivity contribution in [3.8, 4) is 5.88 Å². The van der Waals surface area contributed by atoms with Gasteiger partial charge in [0.15, 0.2) is 12.4 Å². The Bertz CT molecular complexity index is 653. The molecule has 0 bridgehead atoms. The van der Waals surface area contributed by atoms with Crippen LogP contribution in [0, 0.1) is 0 Å². The molecule has 6 nitrogen and oxygen atoms in total. The molecule has 1 N–H and O–H groups in total. The lowest BCUT2D eigenvalue weighted by atomic mass is 10.3. The number of aromatic nitrogens is 3. The lowest BCUT2D eigenvalue weighted by Gasteiger charge is -2.12. The summed E-state index contributed by atoms with van der Waals surface area (Å²) in [5, 5.41) is 7.03. The largest absolute Gasteiger partial charge is 0.468 e. The van der Waals surface area contributed by atoms with Crippen molar-refractivity contribution in [3.05, 3.63) is 30.0 Å². The zero-order chi connectivity index (χ0) is 16.4. The van der Waals surface area contributed by atoms with E-state index in [-0.39, 0.29) is 11.9 Å². The number of alkyl halides is 3. The molecule has 1 atom stereocenters. The molecule has 3 rings (SSSR count). The summed E-state index contributed by atoms with van der Waals surface area (Å²) in [5.41, 5.74) is 0.614. The molecule has 124 valence electrons. The zero-order valence-electron chi connectivity index (χ0n) is 12.3. The summed E-state index contributed by atoms with van der Waals surface area (Å²) in [6, 6.07) is 2.70. The van der Waals surface area contributed by atoms with E-state index in [1.54, 1.807) is 6.07 Å². The van der Waals surface area contributed by atoms with Crippen LogP contribution in [-0.2, 0) is 0 Å². The van der Waals surface area contributed by atoms with Gasteiger partial charge in [-0.25, -0.2) is 4.98 Å². The van der Waals surface area contributed by atoms with Crippen LogP contribution >= 0.6 is 0 Å². The fraction of sp³-hybridized carbons (Fsp3) is 0.500. The fourth-order valence-electron chi connectivity index (χ4n) is 1.95. The summed E-state index contributed by atoms with van der Waals surface area (Å²) in [6.07, 6.45) is -0.821. The number of pyridine rings is 1. The number of halogens is 3. The van der Waals surface area contributed by atoms with E-state index in [1.807, 2.05) is 6.92 Å². The summed E-state index contributed by atoms with van der Waals surface area (Å²) in [7, 11) is 0. The molecule has 0 saturated heterocycles. The Kier molecular flexibility index (Phi) is 4.10. The Morgan fingerprint density at radius 2 is 2.17 bits per heavy atom. The van der Waals surface area contributed by atoms with Crippen LogP contribution in [0.15, 0.2) is 22.9 Å². The van der Waals surface area contributed by atoms with E-state index in [1.165, 1.54) is 12.3 Å². The van der Waals surface area contributed by atoms with Gasteiger partial charge >= 0.3 is 6.18 Å². The zero-order valence-corrected chi connectivity index (χ0v) is 12.3. The highest BCUT2D eigenvalue weighted by Gasteiger charge is 2.30. The molecule has 2 aromatic heterocycles. The molecule has 1 aliphatic rings. The van der Waals surface area contributed by atoms with Crippen molar-refractivity contribution in [2.45, 2.75) is 37.9 Å². The summed E-state index contributed by atoms with van der Waals surface area (Å²) >= 11 is 0. The molecule has 1 saturated carbocycles. The van der Waals surface area contributed by atoms with Crippen LogP contribution in [0.5, 0.6) is 5.88 Å². The molecule has 0 aliphatic heterocycles. The lowest BCUT2D eigenvalue weighted by molar-refractivity contribution is -0.154. The van der Waals surface area contributed by atoms with E-state index < -0.39 is 12.8 Å². The Morgan fingerprint density at radius 3 is 2.78 bits per heavy atom. The van der Waals surface area contributed by atoms with E-state index in [0.29, 0.717) is 17.5 Å². The van der Waals surface area contributed by atoms with Gasteiger partial charge in [-0.2, -0.15) is 18.2 Å². The van der Waals surface area contributed by atoms with Crippen molar-refractivity contribution >= 4 is 5.69 Å². The molecule has 0 radical (unpaired) electrons. The van der Waals surface area contributed by atoms with Gasteiger partial charge in [0.2, 0.25) is 11.8 Å². The Labute approximate surface area is 130 Å². The molecule has 0 spiro atoms. The van der Waals surface area contributed by atoms with Gasteiger partial charge in [-0.15, -0.1) is 0 Å². The van der Waals surface area contributed by atoms with Crippen molar-refractivity contribution in [2.24, 2.45) is 0 Å². The quantitative estimate of drug-likeness (QED) is 0.875. The minimum Gasteiger partial charge on any atom is -0.468 e. The van der Waals surface area contributed by atoms with Gasteiger partial charge in [0.05, 0.1) is 11.9 Å². The maximum atomic E-state index is 12.1. The average Bonchev–Trinajstić information content (AvgIpc) is 3.23. The summed E-state index contributed by atoms with van der Waals surface area (Å²) in [5.74, 6) is 1.51. The van der Waals surface area contributed by atoms with E-state index in [9.17, 15) is 13.2 Å². The van der Waals surface area contributed by atoms with Gasteiger partial charge in [0.25, 0.3) is 0 Å². The number of ether oxygens (including phenoxy) is 1. The monoisotopic (exact) mass is 328 g/mol. The maximum absolute atomic E-state index is 12.1. The van der Waals surface area contributed by atoms with Crippen molar-refractivity contribution in [1.82, 2.24) is 15.1 Å². The molecule has 0 aromatic carbocycles. The summed E-state index contributed by atoms with van der Waals surface area (Å²) in [6.45, 7) is 0.480. The van der Waals surface area contributed by atoms with Gasteiger partial charge in [-0.1, -0.05) is 5.16 Å². The van der Waals surface area contributed by atoms with E-state index in [4.69, 9.17) is 4.52 Å². The molecule has 0 amide bonds. The normalized spacial score (nSPS) is 16.2. The lowest BCUT2D eigenvalue weighted by Crippen LogP contribution is -2.19. The number of hydrogen-bond donors (Lipinski definition) is 1. The first-order valence-electron chi connectivity index (χ1n) is 7.16. The third kappa shape index (κ3) is 4.33. The van der Waals surface area contributed by atoms with Gasteiger partial charge in [-0.05, 0) is 25.8 Å². The Hall–Kier alpha value is -2.32. The molecule has 23 heavy (non-hydrogen) atoms. The van der Waals surface area contributed by atoms with Crippen LogP contribution in [-0.4, -0.2) is 27.9 Å². The third-order valence-corrected chi connectivity index (χ3v) is 3.27. The smallest absolute Gasteiger partial charge is 0.422 e. The highest BCUT2D eigenvalue weighted by atomic mass is 19.4. The third-order valence-electron chi connectivity index (χ3n) is 3.27. The molecule has 1 aliphatic carbocycles. The Morgan fingerprint density at radius 1 is 1.39 bits per heavy atom. The van der Waals surface area contributed by atoms with Crippen LogP contribution in [0.1, 0.15) is 43.4 Å². The maximum Gasteiger partial charge on any atom is 0.422 e. The molecular formula is C14H15F3N4O2. The van der Waals surface area contributed by atoms with E-state index >= 15 is 0 Å². The van der Waals surface area contributed by atoms with E-state index in [2.05, 4.69) is 25.2 Å². The van der Waals surface area contributed by atoms with Crippen molar-refractivity contribution in [1.29, 1.82) is 0 Å². The predicted octanol–water partition coefficient (Wildman–Crippen LogP) is 3.46. The number of hydrogen-bond acceptors (Lipinski definition) is 6. The first-order valence-corrected chi connectivity index (χ1v) is 7.16. The first-order chi connectivity index (χ1) is 10.9. The van der Waals surface area contributed by atoms with Gasteiger partial charge in [-0.3, -0.25) is 0 Å². The second kappa shape index (κ2) is 6.05. The molecule has 2 aromatic rings. The molecule has 2 heterocycles. The number of nitrogens with zero attached hydrogens (tertiary/aromatic N) is 3. The van der Waals surface area contributed by atoms with Crippen LogP contribution in [0.3, 0.4) is 0 Å². The number of nitrogens with one attached hydrogen (secondary N) is 1. The second-order valence-corrected chi connectivity index (χ2v) is 5.42. The SMILES string of the molecule is C[C@@H](Nc1ccc(OCC(F)(F)F)nc1)c1nc(C2CC2)no1. The molecule has 0 unspecified atom stereocenters. The van der Waals surface area contributed by atoms with Gasteiger partial charge in [0.1, 0.15) is 6.04 Å². The summed E-state index contributed by atoms with van der Waals surface area (Å²) in [4.78, 5) is 8.15. The van der Waals surface area contributed by atoms with Crippen LogP contribution in [0.25, 0.3) is 0 Å². The van der Waals surface area contributed by atoms with Crippen LogP contribution < -0.4 is 10.1 Å². The van der Waals surface area contributed by atoms with Gasteiger partial charge < -0.3 is 14.6 Å².